The Morgan fingerprint density at radius 2 is 1.73 bits per heavy atom. The zero-order valence-electron chi connectivity index (χ0n) is 7.96. The smallest absolute Gasteiger partial charge is 0.379 e. The van der Waals surface area contributed by atoms with Crippen molar-refractivity contribution < 1.29 is 18.3 Å². The van der Waals surface area contributed by atoms with Gasteiger partial charge in [-0.3, -0.25) is 0 Å². The molecule has 0 fully saturated rings. The maximum absolute atomic E-state index is 12.1. The summed E-state index contributed by atoms with van der Waals surface area (Å²) < 4.78 is 36.3. The molecule has 0 amide bonds. The summed E-state index contributed by atoms with van der Waals surface area (Å²) in [5.74, 6) is 0. The van der Waals surface area contributed by atoms with Crippen molar-refractivity contribution in [3.05, 3.63) is 35.4 Å². The minimum atomic E-state index is -4.62. The van der Waals surface area contributed by atoms with Crippen LogP contribution in [0.3, 0.4) is 0 Å². The Balaban J connectivity index is 2.80. The van der Waals surface area contributed by atoms with Gasteiger partial charge in [0.25, 0.3) is 0 Å². The summed E-state index contributed by atoms with van der Waals surface area (Å²) in [5, 5.41) is 8.93. The van der Waals surface area contributed by atoms with Gasteiger partial charge in [0.15, 0.2) is 6.10 Å². The fourth-order valence-electron chi connectivity index (χ4n) is 1.22. The Bertz CT molecular complexity index is 307. The predicted octanol–water partition coefficient (Wildman–Crippen LogP) is 1.78. The molecule has 1 aromatic carbocycles. The Hall–Kier alpha value is -1.07. The molecular formula is C10H12F3NO. The second kappa shape index (κ2) is 4.63. The van der Waals surface area contributed by atoms with Crippen LogP contribution in [-0.4, -0.2) is 17.8 Å². The van der Waals surface area contributed by atoms with Crippen molar-refractivity contribution in [2.45, 2.75) is 18.7 Å². The quantitative estimate of drug-likeness (QED) is 0.814. The molecule has 0 saturated heterocycles. The van der Waals surface area contributed by atoms with E-state index in [4.69, 9.17) is 10.8 Å². The normalized spacial score (nSPS) is 13.9. The number of alkyl halides is 3. The molecule has 0 heterocycles. The van der Waals surface area contributed by atoms with Crippen LogP contribution in [0.15, 0.2) is 24.3 Å². The maximum Gasteiger partial charge on any atom is 0.418 e. The molecule has 0 saturated carbocycles. The highest BCUT2D eigenvalue weighted by Crippen LogP contribution is 2.32. The fourth-order valence-corrected chi connectivity index (χ4v) is 1.22. The lowest BCUT2D eigenvalue weighted by Crippen LogP contribution is -2.20. The van der Waals surface area contributed by atoms with E-state index in [0.29, 0.717) is 13.0 Å². The van der Waals surface area contributed by atoms with Gasteiger partial charge < -0.3 is 10.8 Å². The molecule has 0 aliphatic rings. The van der Waals surface area contributed by atoms with Crippen LogP contribution in [-0.2, 0) is 6.42 Å². The molecule has 15 heavy (non-hydrogen) atoms. The first-order valence-electron chi connectivity index (χ1n) is 4.49. The number of benzene rings is 1. The van der Waals surface area contributed by atoms with Gasteiger partial charge in [-0.1, -0.05) is 24.3 Å². The summed E-state index contributed by atoms with van der Waals surface area (Å²) in [6.07, 6.45) is -6.41. The summed E-state index contributed by atoms with van der Waals surface area (Å²) in [6.45, 7) is 0.446. The Morgan fingerprint density at radius 3 is 2.13 bits per heavy atom. The molecule has 5 heteroatoms. The highest BCUT2D eigenvalue weighted by Gasteiger charge is 2.39. The summed E-state index contributed by atoms with van der Waals surface area (Å²) in [5.41, 5.74) is 6.01. The van der Waals surface area contributed by atoms with Gasteiger partial charge in [0.2, 0.25) is 0 Å². The van der Waals surface area contributed by atoms with Gasteiger partial charge >= 0.3 is 6.18 Å². The predicted molar refractivity (Wildman–Crippen MR) is 50.2 cm³/mol. The van der Waals surface area contributed by atoms with Crippen LogP contribution in [0.5, 0.6) is 0 Å². The van der Waals surface area contributed by atoms with Crippen molar-refractivity contribution in [3.8, 4) is 0 Å². The van der Waals surface area contributed by atoms with Crippen molar-refractivity contribution in [2.24, 2.45) is 5.73 Å². The van der Waals surface area contributed by atoms with E-state index in [2.05, 4.69) is 0 Å². The zero-order chi connectivity index (χ0) is 11.5. The molecule has 3 N–H and O–H groups in total. The number of halogens is 3. The van der Waals surface area contributed by atoms with Gasteiger partial charge in [-0.25, -0.2) is 0 Å². The van der Waals surface area contributed by atoms with E-state index in [9.17, 15) is 13.2 Å². The molecule has 0 aliphatic heterocycles. The summed E-state index contributed by atoms with van der Waals surface area (Å²) in [4.78, 5) is 0. The van der Waals surface area contributed by atoms with Gasteiger partial charge in [-0.2, -0.15) is 13.2 Å². The highest BCUT2D eigenvalue weighted by molar-refractivity contribution is 5.25. The number of aliphatic hydroxyl groups excluding tert-OH is 1. The minimum absolute atomic E-state index is 0.150. The SMILES string of the molecule is NCCc1ccc(C(O)C(F)(F)F)cc1. The lowest BCUT2D eigenvalue weighted by molar-refractivity contribution is -0.206. The Morgan fingerprint density at radius 1 is 1.20 bits per heavy atom. The van der Waals surface area contributed by atoms with Crippen molar-refractivity contribution in [1.29, 1.82) is 0 Å². The monoisotopic (exact) mass is 219 g/mol. The molecule has 0 spiro atoms. The van der Waals surface area contributed by atoms with E-state index in [-0.39, 0.29) is 5.56 Å². The lowest BCUT2D eigenvalue weighted by atomic mass is 10.1. The minimum Gasteiger partial charge on any atom is -0.379 e. The average Bonchev–Trinajstić information content (AvgIpc) is 2.17. The van der Waals surface area contributed by atoms with Crippen LogP contribution in [0, 0.1) is 0 Å². The molecule has 0 aromatic heterocycles. The van der Waals surface area contributed by atoms with Crippen LogP contribution < -0.4 is 5.73 Å². The number of hydrogen-bond donors (Lipinski definition) is 2. The first-order chi connectivity index (χ1) is 6.95. The molecule has 0 aliphatic carbocycles. The molecular weight excluding hydrogens is 207 g/mol. The van der Waals surface area contributed by atoms with Crippen molar-refractivity contribution in [2.75, 3.05) is 6.54 Å². The lowest BCUT2D eigenvalue weighted by Gasteiger charge is -2.14. The first kappa shape index (κ1) is 12.0. The van der Waals surface area contributed by atoms with Crippen molar-refractivity contribution in [1.82, 2.24) is 0 Å². The molecule has 1 aromatic rings. The Labute approximate surface area is 85.5 Å². The molecule has 0 bridgehead atoms. The highest BCUT2D eigenvalue weighted by atomic mass is 19.4. The zero-order valence-corrected chi connectivity index (χ0v) is 7.96. The average molecular weight is 219 g/mol. The van der Waals surface area contributed by atoms with Gasteiger partial charge in [0, 0.05) is 0 Å². The van der Waals surface area contributed by atoms with Crippen LogP contribution in [0.2, 0.25) is 0 Å². The number of hydrogen-bond acceptors (Lipinski definition) is 2. The van der Waals surface area contributed by atoms with Gasteiger partial charge in [0.05, 0.1) is 0 Å². The number of aliphatic hydroxyl groups is 1. The van der Waals surface area contributed by atoms with Crippen molar-refractivity contribution >= 4 is 0 Å². The first-order valence-corrected chi connectivity index (χ1v) is 4.49. The van der Waals surface area contributed by atoms with E-state index in [0.717, 1.165) is 5.56 Å². The maximum atomic E-state index is 12.1. The van der Waals surface area contributed by atoms with Gasteiger partial charge in [0.1, 0.15) is 0 Å². The van der Waals surface area contributed by atoms with Gasteiger partial charge in [-0.05, 0) is 24.1 Å². The van der Waals surface area contributed by atoms with E-state index < -0.39 is 12.3 Å². The fraction of sp³-hybridized carbons (Fsp3) is 0.400. The molecule has 84 valence electrons. The molecule has 1 atom stereocenters. The largest absolute Gasteiger partial charge is 0.418 e. The second-order valence-corrected chi connectivity index (χ2v) is 3.22. The third kappa shape index (κ3) is 3.21. The van der Waals surface area contributed by atoms with Crippen LogP contribution in [0.4, 0.5) is 13.2 Å². The van der Waals surface area contributed by atoms with Crippen molar-refractivity contribution in [3.63, 3.8) is 0 Å². The van der Waals surface area contributed by atoms with Crippen LogP contribution in [0.1, 0.15) is 17.2 Å². The summed E-state index contributed by atoms with van der Waals surface area (Å²) in [7, 11) is 0. The van der Waals surface area contributed by atoms with E-state index >= 15 is 0 Å². The second-order valence-electron chi connectivity index (χ2n) is 3.22. The molecule has 0 radical (unpaired) electrons. The standard InChI is InChI=1S/C10H12F3NO/c11-10(12,13)9(15)8-3-1-7(2-4-8)5-6-14/h1-4,9,15H,5-6,14H2. The van der Waals surface area contributed by atoms with Crippen LogP contribution in [0.25, 0.3) is 0 Å². The van der Waals surface area contributed by atoms with Gasteiger partial charge in [-0.15, -0.1) is 0 Å². The molecule has 1 unspecified atom stereocenters. The summed E-state index contributed by atoms with van der Waals surface area (Å²) in [6, 6.07) is 5.61. The van der Waals surface area contributed by atoms with E-state index in [1.165, 1.54) is 24.3 Å². The van der Waals surface area contributed by atoms with Crippen LogP contribution >= 0.6 is 0 Å². The van der Waals surface area contributed by atoms with E-state index in [1.54, 1.807) is 0 Å². The third-order valence-corrected chi connectivity index (χ3v) is 2.04. The topological polar surface area (TPSA) is 46.2 Å². The molecule has 1 rings (SSSR count). The number of nitrogens with two attached hydrogens (primary N) is 1. The third-order valence-electron chi connectivity index (χ3n) is 2.04. The summed E-state index contributed by atoms with van der Waals surface area (Å²) >= 11 is 0. The van der Waals surface area contributed by atoms with E-state index in [1.807, 2.05) is 0 Å². The number of rotatable bonds is 3. The Kier molecular flexibility index (Phi) is 3.71. The molecule has 2 nitrogen and oxygen atoms in total.